The molecule has 0 fully saturated rings. The molecule has 6 heteroatoms. The number of anilines is 1. The smallest absolute Gasteiger partial charge is 0.240 e. The number of rotatable bonds is 4. The van der Waals surface area contributed by atoms with Crippen LogP contribution >= 0.6 is 11.8 Å². The Morgan fingerprint density at radius 2 is 2.04 bits per heavy atom. The number of fused-ring (bicyclic) bond motifs is 1. The fraction of sp³-hybridized carbons (Fsp3) is 0.471. The first-order chi connectivity index (χ1) is 11.0. The molecule has 1 amide bonds. The van der Waals surface area contributed by atoms with Crippen LogP contribution < -0.4 is 4.90 Å². The molecule has 0 saturated carbocycles. The number of carbonyl (C=O) groups is 1. The van der Waals surface area contributed by atoms with Gasteiger partial charge in [0.2, 0.25) is 5.91 Å². The zero-order valence-electron chi connectivity index (χ0n) is 13.9. The summed E-state index contributed by atoms with van der Waals surface area (Å²) in [6.45, 7) is 8.21. The van der Waals surface area contributed by atoms with Crippen LogP contribution in [0.15, 0.2) is 35.7 Å². The average molecular weight is 330 g/mol. The average Bonchev–Trinajstić information content (AvgIpc) is 3.09. The zero-order chi connectivity index (χ0) is 16.6. The maximum atomic E-state index is 13.0. The van der Waals surface area contributed by atoms with E-state index in [1.807, 2.05) is 34.6 Å². The molecule has 0 N–H and O–H groups in total. The highest BCUT2D eigenvalue weighted by molar-refractivity contribution is 8.00. The summed E-state index contributed by atoms with van der Waals surface area (Å²) in [5, 5.41) is 8.72. The Labute approximate surface area is 141 Å². The number of amides is 1. The molecule has 1 aliphatic rings. The molecule has 2 heterocycles. The zero-order valence-corrected chi connectivity index (χ0v) is 14.7. The van der Waals surface area contributed by atoms with Crippen LogP contribution in [0.3, 0.4) is 0 Å². The molecule has 0 radical (unpaired) electrons. The number of nitrogens with zero attached hydrogens (tertiary/aromatic N) is 4. The van der Waals surface area contributed by atoms with Crippen molar-refractivity contribution in [2.24, 2.45) is 0 Å². The lowest BCUT2D eigenvalue weighted by molar-refractivity contribution is -0.118. The van der Waals surface area contributed by atoms with Gasteiger partial charge >= 0.3 is 0 Å². The van der Waals surface area contributed by atoms with Crippen molar-refractivity contribution in [1.29, 1.82) is 0 Å². The van der Waals surface area contributed by atoms with Crippen LogP contribution in [0.1, 0.15) is 39.3 Å². The van der Waals surface area contributed by atoms with Crippen LogP contribution in [0.25, 0.3) is 0 Å². The van der Waals surface area contributed by atoms with Crippen molar-refractivity contribution in [3.8, 4) is 0 Å². The van der Waals surface area contributed by atoms with Crippen LogP contribution in [-0.4, -0.2) is 32.0 Å². The Kier molecular flexibility index (Phi) is 4.43. The molecule has 0 spiro atoms. The molecule has 122 valence electrons. The molecule has 2 atom stereocenters. The highest BCUT2D eigenvalue weighted by Crippen LogP contribution is 2.34. The second-order valence-corrected chi connectivity index (χ2v) is 7.57. The predicted molar refractivity (Wildman–Crippen MR) is 92.8 cm³/mol. The number of aromatic nitrogens is 3. The van der Waals surface area contributed by atoms with Gasteiger partial charge in [-0.3, -0.25) is 4.79 Å². The molecule has 2 aromatic rings. The second kappa shape index (κ2) is 6.35. The molecular formula is C17H22N4OS. The molecule has 1 aromatic carbocycles. The van der Waals surface area contributed by atoms with Gasteiger partial charge in [0, 0.05) is 17.8 Å². The van der Waals surface area contributed by atoms with Crippen molar-refractivity contribution in [3.05, 3.63) is 36.2 Å². The Hall–Kier alpha value is -1.82. The molecular weight excluding hydrogens is 308 g/mol. The number of thioether (sulfide) groups is 1. The van der Waals surface area contributed by atoms with Crippen molar-refractivity contribution in [1.82, 2.24) is 14.8 Å². The molecule has 1 aliphatic heterocycles. The van der Waals surface area contributed by atoms with E-state index in [4.69, 9.17) is 0 Å². The predicted octanol–water partition coefficient (Wildman–Crippen LogP) is 3.32. The first-order valence-corrected chi connectivity index (χ1v) is 8.84. The fourth-order valence-corrected chi connectivity index (χ4v) is 3.98. The Morgan fingerprint density at radius 3 is 2.78 bits per heavy atom. The standard InChI is InChI=1S/C17H22N4OS/c1-11(2)20-10-18-19-17(20)23-13(4)16(22)21-12(3)9-14-7-5-6-8-15(14)21/h5-8,10-13H,9H2,1-4H3. The molecule has 23 heavy (non-hydrogen) atoms. The van der Waals surface area contributed by atoms with E-state index in [0.29, 0.717) is 0 Å². The highest BCUT2D eigenvalue weighted by atomic mass is 32.2. The van der Waals surface area contributed by atoms with Crippen LogP contribution in [0.2, 0.25) is 0 Å². The van der Waals surface area contributed by atoms with Gasteiger partial charge in [-0.1, -0.05) is 30.0 Å². The summed E-state index contributed by atoms with van der Waals surface area (Å²) >= 11 is 1.47. The Bertz CT molecular complexity index is 712. The van der Waals surface area contributed by atoms with E-state index in [9.17, 15) is 4.79 Å². The van der Waals surface area contributed by atoms with E-state index in [1.54, 1.807) is 6.33 Å². The third kappa shape index (κ3) is 3.00. The molecule has 1 aromatic heterocycles. The molecule has 5 nitrogen and oxygen atoms in total. The summed E-state index contributed by atoms with van der Waals surface area (Å²) < 4.78 is 2.00. The second-order valence-electron chi connectivity index (χ2n) is 6.26. The van der Waals surface area contributed by atoms with Crippen molar-refractivity contribution in [2.45, 2.75) is 56.6 Å². The van der Waals surface area contributed by atoms with Crippen LogP contribution in [0, 0.1) is 0 Å². The van der Waals surface area contributed by atoms with E-state index >= 15 is 0 Å². The van der Waals surface area contributed by atoms with E-state index < -0.39 is 0 Å². The first kappa shape index (κ1) is 16.1. The van der Waals surface area contributed by atoms with Gasteiger partial charge in [0.15, 0.2) is 5.16 Å². The van der Waals surface area contributed by atoms with Crippen LogP contribution in [0.5, 0.6) is 0 Å². The summed E-state index contributed by atoms with van der Waals surface area (Å²) in [5.74, 6) is 0.130. The van der Waals surface area contributed by atoms with Crippen molar-refractivity contribution < 1.29 is 4.79 Å². The van der Waals surface area contributed by atoms with E-state index in [2.05, 4.69) is 37.0 Å². The van der Waals surface area contributed by atoms with Crippen LogP contribution in [-0.2, 0) is 11.2 Å². The SMILES string of the molecule is CC(Sc1nncn1C(C)C)C(=O)N1c2ccccc2CC1C. The van der Waals surface area contributed by atoms with E-state index in [-0.39, 0.29) is 23.2 Å². The van der Waals surface area contributed by atoms with Gasteiger partial charge in [0.1, 0.15) is 6.33 Å². The molecule has 0 aliphatic carbocycles. The number of hydrogen-bond acceptors (Lipinski definition) is 4. The minimum atomic E-state index is -0.203. The lowest BCUT2D eigenvalue weighted by Crippen LogP contribution is -2.40. The maximum Gasteiger partial charge on any atom is 0.240 e. The molecule has 0 bridgehead atoms. The molecule has 3 rings (SSSR count). The largest absolute Gasteiger partial charge is 0.308 e. The highest BCUT2D eigenvalue weighted by Gasteiger charge is 2.33. The van der Waals surface area contributed by atoms with E-state index in [1.165, 1.54) is 17.3 Å². The maximum absolute atomic E-state index is 13.0. The first-order valence-electron chi connectivity index (χ1n) is 7.96. The lowest BCUT2D eigenvalue weighted by Gasteiger charge is -2.25. The number of hydrogen-bond donors (Lipinski definition) is 0. The van der Waals surface area contributed by atoms with Gasteiger partial charge < -0.3 is 9.47 Å². The van der Waals surface area contributed by atoms with Gasteiger partial charge in [0.25, 0.3) is 0 Å². The summed E-state index contributed by atoms with van der Waals surface area (Å²) in [4.78, 5) is 14.9. The molecule has 0 saturated heterocycles. The number of carbonyl (C=O) groups excluding carboxylic acids is 1. The summed E-state index contributed by atoms with van der Waals surface area (Å²) in [6, 6.07) is 8.64. The summed E-state index contributed by atoms with van der Waals surface area (Å²) in [5.41, 5.74) is 2.29. The van der Waals surface area contributed by atoms with E-state index in [0.717, 1.165) is 17.3 Å². The monoisotopic (exact) mass is 330 g/mol. The minimum Gasteiger partial charge on any atom is -0.308 e. The fourth-order valence-electron chi connectivity index (χ4n) is 2.98. The van der Waals surface area contributed by atoms with Gasteiger partial charge in [0.05, 0.1) is 5.25 Å². The van der Waals surface area contributed by atoms with Crippen LogP contribution in [0.4, 0.5) is 5.69 Å². The third-order valence-electron chi connectivity index (χ3n) is 4.17. The van der Waals surface area contributed by atoms with Gasteiger partial charge in [-0.25, -0.2) is 0 Å². The topological polar surface area (TPSA) is 51.0 Å². The van der Waals surface area contributed by atoms with Crippen molar-refractivity contribution in [3.63, 3.8) is 0 Å². The Balaban J connectivity index is 1.79. The van der Waals surface area contributed by atoms with Gasteiger partial charge in [-0.05, 0) is 45.7 Å². The van der Waals surface area contributed by atoms with Gasteiger partial charge in [-0.15, -0.1) is 10.2 Å². The number of para-hydroxylation sites is 1. The Morgan fingerprint density at radius 1 is 1.30 bits per heavy atom. The number of benzene rings is 1. The summed E-state index contributed by atoms with van der Waals surface area (Å²) in [7, 11) is 0. The quantitative estimate of drug-likeness (QED) is 0.807. The minimum absolute atomic E-state index is 0.130. The summed E-state index contributed by atoms with van der Waals surface area (Å²) in [6.07, 6.45) is 2.64. The normalized spacial score (nSPS) is 18.3. The van der Waals surface area contributed by atoms with Crippen molar-refractivity contribution >= 4 is 23.4 Å². The third-order valence-corrected chi connectivity index (χ3v) is 5.23. The lowest BCUT2D eigenvalue weighted by atomic mass is 10.1. The van der Waals surface area contributed by atoms with Gasteiger partial charge in [-0.2, -0.15) is 0 Å². The molecule has 2 unspecified atom stereocenters. The van der Waals surface area contributed by atoms with Crippen molar-refractivity contribution in [2.75, 3.05) is 4.90 Å².